The van der Waals surface area contributed by atoms with Crippen LogP contribution >= 0.6 is 0 Å². The number of Topliss-reactive ketones (excluding diaryl/α,β-unsaturated/α-hetero) is 1. The maximum atomic E-state index is 14.4. The highest BCUT2D eigenvalue weighted by molar-refractivity contribution is 5.89. The van der Waals surface area contributed by atoms with Gasteiger partial charge >= 0.3 is 12.4 Å². The van der Waals surface area contributed by atoms with Gasteiger partial charge in [-0.05, 0) is 49.6 Å². The first-order valence-electron chi connectivity index (χ1n) is 10.4. The summed E-state index contributed by atoms with van der Waals surface area (Å²) < 4.78 is 94.4. The molecule has 10 heteroatoms. The van der Waals surface area contributed by atoms with Crippen LogP contribution in [0.3, 0.4) is 0 Å². The van der Waals surface area contributed by atoms with Gasteiger partial charge in [0.15, 0.2) is 12.0 Å². The maximum Gasteiger partial charge on any atom is 0.416 e. The Morgan fingerprint density at radius 2 is 1.41 bits per heavy atom. The lowest BCUT2D eigenvalue weighted by Crippen LogP contribution is -2.55. The lowest BCUT2D eigenvalue weighted by molar-refractivity contribution is -0.143. The van der Waals surface area contributed by atoms with E-state index in [2.05, 4.69) is 5.32 Å². The van der Waals surface area contributed by atoms with Crippen LogP contribution in [0.2, 0.25) is 0 Å². The molecule has 1 saturated carbocycles. The summed E-state index contributed by atoms with van der Waals surface area (Å²) in [4.78, 5) is 25.1. The van der Waals surface area contributed by atoms with Crippen molar-refractivity contribution in [2.24, 2.45) is 0 Å². The Kier molecular flexibility index (Phi) is 6.58. The van der Waals surface area contributed by atoms with Crippen molar-refractivity contribution in [2.45, 2.75) is 62.6 Å². The highest BCUT2D eigenvalue weighted by atomic mass is 19.4. The molecule has 34 heavy (non-hydrogen) atoms. The van der Waals surface area contributed by atoms with E-state index >= 15 is 0 Å². The molecule has 1 aliphatic rings. The molecule has 2 aromatic rings. The third-order valence-corrected chi connectivity index (χ3v) is 6.23. The van der Waals surface area contributed by atoms with Crippen molar-refractivity contribution in [1.82, 2.24) is 5.32 Å². The fourth-order valence-electron chi connectivity index (χ4n) is 4.04. The average Bonchev–Trinajstić information content (AvgIpc) is 2.75. The molecule has 3 rings (SSSR count). The highest BCUT2D eigenvalue weighted by Gasteiger charge is 2.46. The van der Waals surface area contributed by atoms with Gasteiger partial charge in [-0.3, -0.25) is 9.59 Å². The summed E-state index contributed by atoms with van der Waals surface area (Å²) >= 11 is 0. The van der Waals surface area contributed by atoms with Gasteiger partial charge in [0.1, 0.15) is 0 Å². The molecular weight excluding hydrogens is 467 g/mol. The predicted molar refractivity (Wildman–Crippen MR) is 109 cm³/mol. The molecule has 1 aliphatic carbocycles. The normalized spacial score (nSPS) is 21.9. The van der Waals surface area contributed by atoms with Crippen molar-refractivity contribution >= 4 is 11.7 Å². The molecule has 2 atom stereocenters. The fraction of sp³-hybridized carbons (Fsp3) is 0.417. The molecule has 2 aromatic carbocycles. The van der Waals surface area contributed by atoms with Crippen molar-refractivity contribution in [2.75, 3.05) is 0 Å². The van der Waals surface area contributed by atoms with Gasteiger partial charge in [-0.15, -0.1) is 0 Å². The largest absolute Gasteiger partial charge is 0.416 e. The van der Waals surface area contributed by atoms with Crippen molar-refractivity contribution in [1.29, 1.82) is 0 Å². The number of carbonyl (C=O) groups excluding carboxylic acids is 2. The van der Waals surface area contributed by atoms with E-state index in [1.165, 1.54) is 13.8 Å². The van der Waals surface area contributed by atoms with Crippen LogP contribution in [0.5, 0.6) is 0 Å². The summed E-state index contributed by atoms with van der Waals surface area (Å²) in [5.41, 5.74) is -6.30. The zero-order valence-corrected chi connectivity index (χ0v) is 18.3. The molecule has 0 aliphatic heterocycles. The molecule has 1 amide bonds. The first kappa shape index (κ1) is 25.7. The summed E-state index contributed by atoms with van der Waals surface area (Å²) in [6.07, 6.45) is -12.6. The topological polar surface area (TPSA) is 46.2 Å². The second kappa shape index (κ2) is 8.70. The quantitative estimate of drug-likeness (QED) is 0.528. The maximum absolute atomic E-state index is 14.4. The SMILES string of the molecule is CC(C)(C(=O)N[C@]1(c2ccccc2)CCC(=O)[C@@H](F)C1)c1cc(C(F)(F)F)cc(C(F)(F)F)c1. The van der Waals surface area contributed by atoms with Gasteiger partial charge in [-0.25, -0.2) is 4.39 Å². The van der Waals surface area contributed by atoms with Crippen LogP contribution in [0.4, 0.5) is 30.7 Å². The van der Waals surface area contributed by atoms with Crippen LogP contribution in [-0.4, -0.2) is 17.9 Å². The number of benzene rings is 2. The van der Waals surface area contributed by atoms with Gasteiger partial charge in [0.2, 0.25) is 5.91 Å². The minimum Gasteiger partial charge on any atom is -0.346 e. The molecule has 0 saturated heterocycles. The number of hydrogen-bond acceptors (Lipinski definition) is 2. The molecule has 0 radical (unpaired) electrons. The van der Waals surface area contributed by atoms with E-state index in [-0.39, 0.29) is 18.9 Å². The molecule has 3 nitrogen and oxygen atoms in total. The molecule has 1 fully saturated rings. The van der Waals surface area contributed by atoms with Crippen LogP contribution in [0.1, 0.15) is 55.4 Å². The Balaban J connectivity index is 2.05. The summed E-state index contributed by atoms with van der Waals surface area (Å²) in [6, 6.07) is 9.19. The Morgan fingerprint density at radius 1 is 0.912 bits per heavy atom. The second-order valence-electron chi connectivity index (χ2n) is 8.96. The van der Waals surface area contributed by atoms with Crippen LogP contribution in [0.25, 0.3) is 0 Å². The van der Waals surface area contributed by atoms with Crippen LogP contribution in [0.15, 0.2) is 48.5 Å². The Hall–Kier alpha value is -2.91. The molecule has 1 N–H and O–H groups in total. The molecule has 0 bridgehead atoms. The first-order chi connectivity index (χ1) is 15.6. The van der Waals surface area contributed by atoms with Crippen LogP contribution in [0, 0.1) is 0 Å². The van der Waals surface area contributed by atoms with Crippen molar-refractivity contribution < 1.29 is 40.3 Å². The van der Waals surface area contributed by atoms with Crippen LogP contribution < -0.4 is 5.32 Å². The minimum atomic E-state index is -5.07. The van der Waals surface area contributed by atoms with E-state index in [1.807, 2.05) is 0 Å². The van der Waals surface area contributed by atoms with E-state index in [1.54, 1.807) is 30.3 Å². The number of rotatable bonds is 4. The van der Waals surface area contributed by atoms with Crippen molar-refractivity contribution in [3.63, 3.8) is 0 Å². The summed E-state index contributed by atoms with van der Waals surface area (Å²) in [5, 5.41) is 2.66. The van der Waals surface area contributed by atoms with E-state index in [4.69, 9.17) is 0 Å². The Labute approximate surface area is 191 Å². The van der Waals surface area contributed by atoms with Crippen LogP contribution in [-0.2, 0) is 32.9 Å². The van der Waals surface area contributed by atoms with E-state index < -0.39 is 64.3 Å². The first-order valence-corrected chi connectivity index (χ1v) is 10.4. The summed E-state index contributed by atoms with van der Waals surface area (Å²) in [5.74, 6) is -1.53. The van der Waals surface area contributed by atoms with Gasteiger partial charge in [0.25, 0.3) is 0 Å². The van der Waals surface area contributed by atoms with Gasteiger partial charge < -0.3 is 5.32 Å². The Bertz CT molecular complexity index is 1040. The molecule has 0 aromatic heterocycles. The second-order valence-corrected chi connectivity index (χ2v) is 8.96. The smallest absolute Gasteiger partial charge is 0.346 e. The van der Waals surface area contributed by atoms with E-state index in [9.17, 15) is 40.3 Å². The monoisotopic (exact) mass is 489 g/mol. The fourth-order valence-corrected chi connectivity index (χ4v) is 4.04. The predicted octanol–water partition coefficient (Wildman–Crippen LogP) is 6.10. The number of halogens is 7. The van der Waals surface area contributed by atoms with Gasteiger partial charge in [0, 0.05) is 12.8 Å². The lowest BCUT2D eigenvalue weighted by atomic mass is 9.73. The number of alkyl halides is 7. The van der Waals surface area contributed by atoms with Gasteiger partial charge in [0.05, 0.1) is 22.1 Å². The number of amides is 1. The lowest BCUT2D eigenvalue weighted by Gasteiger charge is -2.41. The average molecular weight is 489 g/mol. The number of ketones is 1. The van der Waals surface area contributed by atoms with Crippen molar-refractivity contribution in [3.8, 4) is 0 Å². The molecule has 184 valence electrons. The third-order valence-electron chi connectivity index (χ3n) is 6.23. The third kappa shape index (κ3) is 5.10. The standard InChI is InChI=1S/C24H22F7NO2/c1-21(2,15-10-16(23(26,27)28)12-17(11-15)24(29,30)31)20(34)32-22(14-6-4-3-5-7-14)9-8-19(33)18(25)13-22/h3-7,10-12,18H,8-9,13H2,1-2H3,(H,32,34)/t18-,22+/m0/s1. The highest BCUT2D eigenvalue weighted by Crippen LogP contribution is 2.41. The number of carbonyl (C=O) groups is 2. The van der Waals surface area contributed by atoms with E-state index in [0.717, 1.165) is 0 Å². The molecular formula is C24H22F7NO2. The molecule has 0 unspecified atom stereocenters. The van der Waals surface area contributed by atoms with Gasteiger partial charge in [-0.2, -0.15) is 26.3 Å². The van der Waals surface area contributed by atoms with E-state index in [0.29, 0.717) is 17.7 Å². The Morgan fingerprint density at radius 3 is 1.88 bits per heavy atom. The molecule has 0 heterocycles. The number of hydrogen-bond donors (Lipinski definition) is 1. The van der Waals surface area contributed by atoms with Gasteiger partial charge in [-0.1, -0.05) is 30.3 Å². The summed E-state index contributed by atoms with van der Waals surface area (Å²) in [6.45, 7) is 2.38. The number of nitrogens with one attached hydrogen (secondary N) is 1. The zero-order valence-electron chi connectivity index (χ0n) is 18.3. The minimum absolute atomic E-state index is 0.0105. The van der Waals surface area contributed by atoms with Crippen molar-refractivity contribution in [3.05, 3.63) is 70.8 Å². The zero-order chi connectivity index (χ0) is 25.5. The molecule has 0 spiro atoms. The summed E-state index contributed by atoms with van der Waals surface area (Å²) in [7, 11) is 0.